The van der Waals surface area contributed by atoms with E-state index in [9.17, 15) is 4.39 Å². The number of benzene rings is 1. The Kier molecular flexibility index (Phi) is 7.47. The molecule has 1 aromatic carbocycles. The number of unbranched alkanes of at least 4 members (excludes halogenated alkanes) is 6. The van der Waals surface area contributed by atoms with Crippen molar-refractivity contribution in [2.24, 2.45) is 0 Å². The third kappa shape index (κ3) is 6.04. The van der Waals surface area contributed by atoms with E-state index in [4.69, 9.17) is 4.74 Å². The molecule has 0 spiro atoms. The molecule has 0 aliphatic rings. The van der Waals surface area contributed by atoms with Crippen molar-refractivity contribution in [2.45, 2.75) is 58.8 Å². The number of halogens is 1. The Labute approximate surface area is 110 Å². The standard InChI is InChI=1S/C16H25FO/c1-3-4-5-6-7-8-9-12-18-15-11-10-14(2)16(17)13-15/h10-11,13H,3-9,12H2,1-2H3. The van der Waals surface area contributed by atoms with Gasteiger partial charge in [-0.25, -0.2) is 4.39 Å². The molecule has 0 fully saturated rings. The van der Waals surface area contributed by atoms with E-state index < -0.39 is 0 Å². The van der Waals surface area contributed by atoms with Crippen LogP contribution in [0.1, 0.15) is 57.4 Å². The van der Waals surface area contributed by atoms with E-state index in [0.29, 0.717) is 17.9 Å². The molecule has 0 radical (unpaired) electrons. The number of hydrogen-bond donors (Lipinski definition) is 0. The minimum absolute atomic E-state index is 0.188. The van der Waals surface area contributed by atoms with Gasteiger partial charge in [0.05, 0.1) is 6.61 Å². The highest BCUT2D eigenvalue weighted by Crippen LogP contribution is 2.16. The van der Waals surface area contributed by atoms with Gasteiger partial charge in [0.15, 0.2) is 0 Å². The first-order valence-electron chi connectivity index (χ1n) is 7.13. The fourth-order valence-electron chi connectivity index (χ4n) is 1.91. The summed E-state index contributed by atoms with van der Waals surface area (Å²) in [5.74, 6) is 0.455. The molecule has 0 atom stereocenters. The quantitative estimate of drug-likeness (QED) is 0.544. The van der Waals surface area contributed by atoms with Crippen molar-refractivity contribution in [3.8, 4) is 5.75 Å². The molecule has 1 aromatic rings. The van der Waals surface area contributed by atoms with Crippen LogP contribution in [0.3, 0.4) is 0 Å². The average Bonchev–Trinajstić information content (AvgIpc) is 2.37. The van der Waals surface area contributed by atoms with E-state index in [1.165, 1.54) is 44.6 Å². The summed E-state index contributed by atoms with van der Waals surface area (Å²) in [6.07, 6.45) is 8.86. The highest BCUT2D eigenvalue weighted by Gasteiger charge is 1.99. The van der Waals surface area contributed by atoms with Crippen molar-refractivity contribution in [1.29, 1.82) is 0 Å². The lowest BCUT2D eigenvalue weighted by atomic mass is 10.1. The minimum atomic E-state index is -0.188. The molecule has 1 rings (SSSR count). The lowest BCUT2D eigenvalue weighted by Crippen LogP contribution is -1.98. The van der Waals surface area contributed by atoms with Crippen molar-refractivity contribution in [3.63, 3.8) is 0 Å². The fraction of sp³-hybridized carbons (Fsp3) is 0.625. The molecule has 0 saturated heterocycles. The molecule has 0 heterocycles. The molecular formula is C16H25FO. The third-order valence-electron chi connectivity index (χ3n) is 3.16. The molecule has 0 aliphatic carbocycles. The monoisotopic (exact) mass is 252 g/mol. The second-order valence-corrected chi connectivity index (χ2v) is 4.88. The second kappa shape index (κ2) is 8.96. The zero-order valence-corrected chi connectivity index (χ0v) is 11.7. The van der Waals surface area contributed by atoms with Crippen LogP contribution in [-0.4, -0.2) is 6.61 Å². The smallest absolute Gasteiger partial charge is 0.129 e. The molecule has 0 N–H and O–H groups in total. The maximum Gasteiger partial charge on any atom is 0.129 e. The summed E-state index contributed by atoms with van der Waals surface area (Å²) in [4.78, 5) is 0. The van der Waals surface area contributed by atoms with Gasteiger partial charge in [0.2, 0.25) is 0 Å². The Bertz CT molecular complexity index is 336. The van der Waals surface area contributed by atoms with Gasteiger partial charge in [0.25, 0.3) is 0 Å². The summed E-state index contributed by atoms with van der Waals surface area (Å²) in [5.41, 5.74) is 0.665. The van der Waals surface area contributed by atoms with Gasteiger partial charge in [-0.2, -0.15) is 0 Å². The number of ether oxygens (including phenoxy) is 1. The van der Waals surface area contributed by atoms with Gasteiger partial charge in [0.1, 0.15) is 11.6 Å². The van der Waals surface area contributed by atoms with Crippen LogP contribution in [-0.2, 0) is 0 Å². The lowest BCUT2D eigenvalue weighted by Gasteiger charge is -2.07. The predicted molar refractivity (Wildman–Crippen MR) is 74.6 cm³/mol. The van der Waals surface area contributed by atoms with E-state index in [2.05, 4.69) is 6.92 Å². The van der Waals surface area contributed by atoms with Gasteiger partial charge in [-0.3, -0.25) is 0 Å². The molecular weight excluding hydrogens is 227 g/mol. The van der Waals surface area contributed by atoms with Crippen molar-refractivity contribution in [3.05, 3.63) is 29.6 Å². The van der Waals surface area contributed by atoms with E-state index >= 15 is 0 Å². The summed E-state index contributed by atoms with van der Waals surface area (Å²) in [6, 6.07) is 5.06. The lowest BCUT2D eigenvalue weighted by molar-refractivity contribution is 0.302. The Balaban J connectivity index is 2.05. The molecule has 0 amide bonds. The van der Waals surface area contributed by atoms with Crippen LogP contribution in [0, 0.1) is 12.7 Å². The summed E-state index contributed by atoms with van der Waals surface area (Å²) < 4.78 is 18.8. The highest BCUT2D eigenvalue weighted by atomic mass is 19.1. The normalized spacial score (nSPS) is 10.6. The van der Waals surface area contributed by atoms with Crippen LogP contribution in [0.2, 0.25) is 0 Å². The van der Waals surface area contributed by atoms with E-state index in [-0.39, 0.29) is 5.82 Å². The van der Waals surface area contributed by atoms with Crippen molar-refractivity contribution >= 4 is 0 Å². The molecule has 0 saturated carbocycles. The third-order valence-corrected chi connectivity index (χ3v) is 3.16. The first kappa shape index (κ1) is 15.0. The number of rotatable bonds is 9. The largest absolute Gasteiger partial charge is 0.493 e. The van der Waals surface area contributed by atoms with Crippen molar-refractivity contribution < 1.29 is 9.13 Å². The molecule has 0 aromatic heterocycles. The molecule has 0 unspecified atom stereocenters. The zero-order chi connectivity index (χ0) is 13.2. The van der Waals surface area contributed by atoms with Gasteiger partial charge >= 0.3 is 0 Å². The molecule has 1 nitrogen and oxygen atoms in total. The molecule has 2 heteroatoms. The first-order chi connectivity index (χ1) is 8.74. The summed E-state index contributed by atoms with van der Waals surface area (Å²) in [5, 5.41) is 0. The van der Waals surface area contributed by atoms with Crippen molar-refractivity contribution in [2.75, 3.05) is 6.61 Å². The molecule has 0 aliphatic heterocycles. The maximum atomic E-state index is 13.2. The van der Waals surface area contributed by atoms with Gasteiger partial charge in [-0.05, 0) is 25.0 Å². The highest BCUT2D eigenvalue weighted by molar-refractivity contribution is 5.27. The van der Waals surface area contributed by atoms with Crippen LogP contribution in [0.5, 0.6) is 5.75 Å². The zero-order valence-electron chi connectivity index (χ0n) is 11.7. The van der Waals surface area contributed by atoms with Crippen LogP contribution in [0.25, 0.3) is 0 Å². The molecule has 18 heavy (non-hydrogen) atoms. The van der Waals surface area contributed by atoms with Crippen LogP contribution in [0.15, 0.2) is 18.2 Å². The Hall–Kier alpha value is -1.05. The number of aryl methyl sites for hydroxylation is 1. The fourth-order valence-corrected chi connectivity index (χ4v) is 1.91. The number of hydrogen-bond acceptors (Lipinski definition) is 1. The summed E-state index contributed by atoms with van der Waals surface area (Å²) in [6.45, 7) is 4.68. The summed E-state index contributed by atoms with van der Waals surface area (Å²) >= 11 is 0. The second-order valence-electron chi connectivity index (χ2n) is 4.88. The topological polar surface area (TPSA) is 9.23 Å². The Morgan fingerprint density at radius 1 is 1.00 bits per heavy atom. The Morgan fingerprint density at radius 3 is 2.33 bits per heavy atom. The van der Waals surface area contributed by atoms with Crippen LogP contribution in [0.4, 0.5) is 4.39 Å². The average molecular weight is 252 g/mol. The van der Waals surface area contributed by atoms with Crippen LogP contribution >= 0.6 is 0 Å². The van der Waals surface area contributed by atoms with Crippen molar-refractivity contribution in [1.82, 2.24) is 0 Å². The van der Waals surface area contributed by atoms with Gasteiger partial charge in [-0.15, -0.1) is 0 Å². The van der Waals surface area contributed by atoms with Gasteiger partial charge < -0.3 is 4.74 Å². The summed E-state index contributed by atoms with van der Waals surface area (Å²) in [7, 11) is 0. The predicted octanol–water partition coefficient (Wildman–Crippen LogP) is 5.26. The van der Waals surface area contributed by atoms with Gasteiger partial charge in [0, 0.05) is 6.07 Å². The SMILES string of the molecule is CCCCCCCCCOc1ccc(C)c(F)c1. The molecule has 102 valence electrons. The van der Waals surface area contributed by atoms with Crippen LogP contribution < -0.4 is 4.74 Å². The van der Waals surface area contributed by atoms with Gasteiger partial charge in [-0.1, -0.05) is 51.5 Å². The van der Waals surface area contributed by atoms with E-state index in [1.54, 1.807) is 13.0 Å². The van der Waals surface area contributed by atoms with E-state index in [0.717, 1.165) is 6.42 Å². The first-order valence-corrected chi connectivity index (χ1v) is 7.13. The Morgan fingerprint density at radius 2 is 1.67 bits per heavy atom. The molecule has 0 bridgehead atoms. The minimum Gasteiger partial charge on any atom is -0.493 e. The maximum absolute atomic E-state index is 13.2. The van der Waals surface area contributed by atoms with E-state index in [1.807, 2.05) is 6.07 Å².